The summed E-state index contributed by atoms with van der Waals surface area (Å²) in [5.41, 5.74) is -0.117. The number of amides is 3. The first-order chi connectivity index (χ1) is 18.5. The molecule has 1 aliphatic rings. The Balaban J connectivity index is 1.62. The van der Waals surface area contributed by atoms with Crippen molar-refractivity contribution in [3.8, 4) is 6.07 Å². The number of aliphatic hydroxyl groups is 1. The SMILES string of the molecule is CN(C(=O)C1CCCCC1)c1ccc2c(c1)nc(NC(=O)Nc1c(F)cc(C#N)cc1F)n2CCC(C)(C)O. The topological polar surface area (TPSA) is 123 Å². The molecule has 0 bridgehead atoms. The minimum absolute atomic E-state index is 0.00673. The van der Waals surface area contributed by atoms with Crippen molar-refractivity contribution in [3.05, 3.63) is 47.5 Å². The number of nitrogens with zero attached hydrogens (tertiary/aromatic N) is 4. The number of rotatable bonds is 7. The highest BCUT2D eigenvalue weighted by Gasteiger charge is 2.26. The van der Waals surface area contributed by atoms with E-state index < -0.39 is 29.0 Å². The number of carbonyl (C=O) groups excluding carboxylic acids is 2. The third kappa shape index (κ3) is 6.52. The third-order valence-corrected chi connectivity index (χ3v) is 6.99. The maximum absolute atomic E-state index is 14.3. The van der Waals surface area contributed by atoms with Gasteiger partial charge in [-0.15, -0.1) is 0 Å². The maximum Gasteiger partial charge on any atom is 0.326 e. The fourth-order valence-corrected chi connectivity index (χ4v) is 4.79. The van der Waals surface area contributed by atoms with Crippen LogP contribution in [0.15, 0.2) is 30.3 Å². The van der Waals surface area contributed by atoms with Gasteiger partial charge >= 0.3 is 6.03 Å². The molecule has 0 saturated heterocycles. The first-order valence-electron chi connectivity index (χ1n) is 12.9. The van der Waals surface area contributed by atoms with Crippen molar-refractivity contribution in [2.24, 2.45) is 5.92 Å². The molecule has 0 spiro atoms. The average molecular weight is 539 g/mol. The van der Waals surface area contributed by atoms with Crippen LogP contribution in [0.4, 0.5) is 30.9 Å². The summed E-state index contributed by atoms with van der Waals surface area (Å²) in [7, 11) is 1.73. The summed E-state index contributed by atoms with van der Waals surface area (Å²) in [6, 6.07) is 7.69. The number of aryl methyl sites for hydroxylation is 1. The predicted molar refractivity (Wildman–Crippen MR) is 144 cm³/mol. The molecule has 3 aromatic rings. The number of hydrogen-bond donors (Lipinski definition) is 3. The Morgan fingerprint density at radius 1 is 1.15 bits per heavy atom. The number of nitrogens with one attached hydrogen (secondary N) is 2. The van der Waals surface area contributed by atoms with E-state index in [4.69, 9.17) is 5.26 Å². The lowest BCUT2D eigenvalue weighted by atomic mass is 9.88. The molecule has 0 radical (unpaired) electrons. The molecule has 1 fully saturated rings. The molecule has 4 rings (SSSR count). The Kier molecular flexibility index (Phi) is 8.16. The lowest BCUT2D eigenvalue weighted by Crippen LogP contribution is -2.33. The van der Waals surface area contributed by atoms with E-state index in [1.807, 2.05) is 0 Å². The summed E-state index contributed by atoms with van der Waals surface area (Å²) in [6.45, 7) is 3.60. The summed E-state index contributed by atoms with van der Waals surface area (Å²) in [5.74, 6) is -2.04. The zero-order valence-electron chi connectivity index (χ0n) is 22.2. The van der Waals surface area contributed by atoms with Gasteiger partial charge in [-0.2, -0.15) is 5.26 Å². The molecule has 206 valence electrons. The molecule has 0 unspecified atom stereocenters. The highest BCUT2D eigenvalue weighted by atomic mass is 19.1. The largest absolute Gasteiger partial charge is 0.390 e. The molecule has 9 nitrogen and oxygen atoms in total. The van der Waals surface area contributed by atoms with E-state index in [2.05, 4.69) is 15.6 Å². The Morgan fingerprint density at radius 3 is 2.44 bits per heavy atom. The van der Waals surface area contributed by atoms with E-state index in [1.54, 1.807) is 54.6 Å². The van der Waals surface area contributed by atoms with Crippen molar-refractivity contribution in [2.75, 3.05) is 22.6 Å². The monoisotopic (exact) mass is 538 g/mol. The minimum atomic E-state index is -1.09. The molecule has 0 atom stereocenters. The number of fused-ring (bicyclic) bond motifs is 1. The molecular formula is C28H32F2N6O3. The van der Waals surface area contributed by atoms with Crippen LogP contribution >= 0.6 is 0 Å². The van der Waals surface area contributed by atoms with Gasteiger partial charge in [-0.25, -0.2) is 18.6 Å². The van der Waals surface area contributed by atoms with Crippen LogP contribution in [0.1, 0.15) is 57.9 Å². The van der Waals surface area contributed by atoms with Gasteiger partial charge in [0.05, 0.1) is 28.3 Å². The average Bonchev–Trinajstić information content (AvgIpc) is 3.24. The number of benzene rings is 2. The fourth-order valence-electron chi connectivity index (χ4n) is 4.79. The standard InChI is InChI=1S/C28H32F2N6O3/c1-28(2,39)11-12-36-23-10-9-19(35(3)25(37)18-7-5-4-6-8-18)15-22(23)32-26(36)34-27(38)33-24-20(29)13-17(16-31)14-21(24)30/h9-10,13-15,18,39H,4-8,11-12H2,1-3H3,(H2,32,33,34,38). The molecule has 3 amide bonds. The molecule has 39 heavy (non-hydrogen) atoms. The van der Waals surface area contributed by atoms with Crippen molar-refractivity contribution in [1.82, 2.24) is 9.55 Å². The summed E-state index contributed by atoms with van der Waals surface area (Å²) in [6.07, 6.45) is 5.32. The Hall–Kier alpha value is -4.04. The van der Waals surface area contributed by atoms with Crippen molar-refractivity contribution in [2.45, 2.75) is 64.5 Å². The highest BCUT2D eigenvalue weighted by molar-refractivity contribution is 6.00. The zero-order chi connectivity index (χ0) is 28.3. The second-order valence-corrected chi connectivity index (χ2v) is 10.6. The van der Waals surface area contributed by atoms with E-state index in [-0.39, 0.29) is 29.9 Å². The molecule has 11 heteroatoms. The van der Waals surface area contributed by atoms with Crippen LogP contribution in [0.5, 0.6) is 0 Å². The van der Waals surface area contributed by atoms with Gasteiger partial charge in [0.15, 0.2) is 11.6 Å². The number of nitriles is 1. The summed E-state index contributed by atoms with van der Waals surface area (Å²) < 4.78 is 30.3. The second-order valence-electron chi connectivity index (χ2n) is 10.6. The van der Waals surface area contributed by atoms with Crippen molar-refractivity contribution in [1.29, 1.82) is 5.26 Å². The number of carbonyl (C=O) groups is 2. The lowest BCUT2D eigenvalue weighted by Gasteiger charge is -2.26. The van der Waals surface area contributed by atoms with E-state index >= 15 is 0 Å². The number of halogens is 2. The van der Waals surface area contributed by atoms with Crippen molar-refractivity contribution >= 4 is 40.3 Å². The maximum atomic E-state index is 14.3. The molecule has 3 N–H and O–H groups in total. The van der Waals surface area contributed by atoms with Crippen molar-refractivity contribution < 1.29 is 23.5 Å². The first kappa shape index (κ1) is 28.0. The number of anilines is 3. The molecule has 2 aromatic carbocycles. The van der Waals surface area contributed by atoms with Gasteiger partial charge in [-0.1, -0.05) is 19.3 Å². The van der Waals surface area contributed by atoms with Crippen LogP contribution in [0.25, 0.3) is 11.0 Å². The Morgan fingerprint density at radius 2 is 1.82 bits per heavy atom. The predicted octanol–water partition coefficient (Wildman–Crippen LogP) is 5.53. The first-order valence-corrected chi connectivity index (χ1v) is 12.9. The van der Waals surface area contributed by atoms with Crippen LogP contribution < -0.4 is 15.5 Å². The van der Waals surface area contributed by atoms with Crippen LogP contribution in [-0.2, 0) is 11.3 Å². The smallest absolute Gasteiger partial charge is 0.326 e. The van der Waals surface area contributed by atoms with Gasteiger partial charge in [0.1, 0.15) is 5.69 Å². The van der Waals surface area contributed by atoms with Gasteiger partial charge < -0.3 is 19.9 Å². The summed E-state index contributed by atoms with van der Waals surface area (Å²) in [4.78, 5) is 31.9. The number of imidazole rings is 1. The molecule has 1 heterocycles. The number of aromatic nitrogens is 2. The highest BCUT2D eigenvalue weighted by Crippen LogP contribution is 2.30. The fraction of sp³-hybridized carbons (Fsp3) is 0.429. The Bertz CT molecular complexity index is 1410. The normalized spacial score (nSPS) is 14.2. The molecule has 0 aliphatic heterocycles. The van der Waals surface area contributed by atoms with Crippen molar-refractivity contribution in [3.63, 3.8) is 0 Å². The van der Waals surface area contributed by atoms with E-state index in [1.165, 1.54) is 0 Å². The van der Waals surface area contributed by atoms with Gasteiger partial charge in [0, 0.05) is 25.2 Å². The van der Waals surface area contributed by atoms with Crippen LogP contribution in [0.2, 0.25) is 0 Å². The second kappa shape index (κ2) is 11.4. The molecule has 1 saturated carbocycles. The van der Waals surface area contributed by atoms with E-state index in [0.29, 0.717) is 23.1 Å². The zero-order valence-corrected chi connectivity index (χ0v) is 22.2. The van der Waals surface area contributed by atoms with Crippen LogP contribution in [0, 0.1) is 28.9 Å². The Labute approximate surface area is 225 Å². The number of hydrogen-bond acceptors (Lipinski definition) is 5. The van der Waals surface area contributed by atoms with Gasteiger partial charge in [0.2, 0.25) is 11.9 Å². The van der Waals surface area contributed by atoms with Gasteiger partial charge in [-0.05, 0) is 63.4 Å². The third-order valence-electron chi connectivity index (χ3n) is 6.99. The van der Waals surface area contributed by atoms with Gasteiger partial charge in [-0.3, -0.25) is 10.1 Å². The molecule has 1 aromatic heterocycles. The van der Waals surface area contributed by atoms with Gasteiger partial charge in [0.25, 0.3) is 0 Å². The summed E-state index contributed by atoms with van der Waals surface area (Å²) in [5, 5.41) is 23.8. The van der Waals surface area contributed by atoms with Crippen LogP contribution in [-0.4, -0.2) is 39.2 Å². The minimum Gasteiger partial charge on any atom is -0.390 e. The lowest BCUT2D eigenvalue weighted by molar-refractivity contribution is -0.123. The summed E-state index contributed by atoms with van der Waals surface area (Å²) >= 11 is 0. The van der Waals surface area contributed by atoms with E-state index in [0.717, 1.165) is 44.2 Å². The number of urea groups is 1. The van der Waals surface area contributed by atoms with Crippen LogP contribution in [0.3, 0.4) is 0 Å². The molecule has 1 aliphatic carbocycles. The van der Waals surface area contributed by atoms with E-state index in [9.17, 15) is 23.5 Å². The quantitative estimate of drug-likeness (QED) is 0.365. The molecular weight excluding hydrogens is 506 g/mol.